The highest BCUT2D eigenvalue weighted by Crippen LogP contribution is 2.32. The van der Waals surface area contributed by atoms with Gasteiger partial charge >= 0.3 is 10.1 Å². The van der Waals surface area contributed by atoms with Crippen LogP contribution in [0.5, 0.6) is 0 Å². The summed E-state index contributed by atoms with van der Waals surface area (Å²) in [5.74, 6) is -0.0457. The summed E-state index contributed by atoms with van der Waals surface area (Å²) in [5.41, 5.74) is 2.80. The highest BCUT2D eigenvalue weighted by Gasteiger charge is 2.20. The zero-order valence-corrected chi connectivity index (χ0v) is 18.0. The quantitative estimate of drug-likeness (QED) is 0.283. The van der Waals surface area contributed by atoms with Gasteiger partial charge in [-0.05, 0) is 36.0 Å². The van der Waals surface area contributed by atoms with Crippen LogP contribution in [0.4, 0.5) is 0 Å². The average Bonchev–Trinajstić information content (AvgIpc) is 3.13. The molecule has 0 fully saturated rings. The van der Waals surface area contributed by atoms with Gasteiger partial charge in [0.15, 0.2) is 0 Å². The number of rotatable bonds is 10. The first-order valence-electron chi connectivity index (χ1n) is 9.51. The smallest absolute Gasteiger partial charge is 0.267 e. The summed E-state index contributed by atoms with van der Waals surface area (Å²) in [4.78, 5) is 0. The normalized spacial score (nSPS) is 17.0. The highest BCUT2D eigenvalue weighted by atomic mass is 32.2. The van der Waals surface area contributed by atoms with Crippen molar-refractivity contribution in [3.8, 4) is 6.07 Å². The van der Waals surface area contributed by atoms with Crippen LogP contribution in [-0.4, -0.2) is 19.2 Å². The molecule has 0 atom stereocenters. The Labute approximate surface area is 172 Å². The van der Waals surface area contributed by atoms with Crippen molar-refractivity contribution in [2.75, 3.05) is 5.75 Å². The Morgan fingerprint density at radius 3 is 2.61 bits per heavy atom. The second kappa shape index (κ2) is 11.1. The summed E-state index contributed by atoms with van der Waals surface area (Å²) in [6, 6.07) is 9.78. The molecule has 0 N–H and O–H groups in total. The van der Waals surface area contributed by atoms with E-state index in [1.54, 1.807) is 11.5 Å². The largest absolute Gasteiger partial charge is 0.328 e. The van der Waals surface area contributed by atoms with Gasteiger partial charge in [0.1, 0.15) is 11.1 Å². The second-order valence-electron chi connectivity index (χ2n) is 6.64. The molecular weight excluding hydrogens is 392 g/mol. The molecule has 0 spiro atoms. The van der Waals surface area contributed by atoms with Crippen molar-refractivity contribution in [3.63, 3.8) is 0 Å². The van der Waals surface area contributed by atoms with E-state index in [0.717, 1.165) is 36.8 Å². The molecule has 1 aliphatic rings. The molecule has 5 nitrogen and oxygen atoms in total. The average molecular weight is 419 g/mol. The van der Waals surface area contributed by atoms with Gasteiger partial charge < -0.3 is 0 Å². The van der Waals surface area contributed by atoms with Crippen molar-refractivity contribution in [1.29, 1.82) is 5.26 Å². The zero-order valence-electron chi connectivity index (χ0n) is 16.3. The number of allylic oxidation sites excluding steroid dienone is 2. The highest BCUT2D eigenvalue weighted by molar-refractivity contribution is 8.17. The summed E-state index contributed by atoms with van der Waals surface area (Å²) >= 11 is 1.24. The number of benzene rings is 1. The number of hydrogen-bond donors (Lipinski definition) is 0. The number of thioether (sulfide) groups is 1. The number of nitriles is 1. The van der Waals surface area contributed by atoms with E-state index in [1.807, 2.05) is 31.2 Å². The molecule has 0 unspecified atom stereocenters. The second-order valence-corrected chi connectivity index (χ2v) is 9.20. The molecule has 1 aliphatic heterocycles. The summed E-state index contributed by atoms with van der Waals surface area (Å²) in [6.45, 7) is 4.07. The van der Waals surface area contributed by atoms with Crippen LogP contribution >= 0.6 is 11.8 Å². The molecule has 1 aromatic carbocycles. The third-order valence-electron chi connectivity index (χ3n) is 4.42. The summed E-state index contributed by atoms with van der Waals surface area (Å²) in [6.07, 6.45) is 7.70. The molecule has 150 valence electrons. The Balaban J connectivity index is 2.07. The van der Waals surface area contributed by atoms with Gasteiger partial charge in [-0.25, -0.2) is 0 Å². The van der Waals surface area contributed by atoms with Crippen molar-refractivity contribution in [1.82, 2.24) is 0 Å². The van der Waals surface area contributed by atoms with Gasteiger partial charge in [-0.1, -0.05) is 80.2 Å². The van der Waals surface area contributed by atoms with E-state index in [2.05, 4.69) is 18.1 Å². The lowest BCUT2D eigenvalue weighted by molar-refractivity contribution is 0.339. The standard InChI is InChI=1S/C21H26N2O3S2/c1-3-4-5-6-7-10-15-28(24,25)26-23-21-19(13-14-27-21)20(16-22)18-12-9-8-11-17(18)2/h8-9,11-14H,3-7,10,15H2,1-2H3/b20-19+,23-21-. The first-order chi connectivity index (χ1) is 13.5. The maximum atomic E-state index is 12.1. The fourth-order valence-electron chi connectivity index (χ4n) is 2.87. The first kappa shape index (κ1) is 22.3. The predicted octanol–water partition coefficient (Wildman–Crippen LogP) is 5.55. The molecule has 0 saturated heterocycles. The van der Waals surface area contributed by atoms with E-state index in [0.29, 0.717) is 22.6 Å². The van der Waals surface area contributed by atoms with Crippen LogP contribution in [0.1, 0.15) is 56.6 Å². The Bertz CT molecular complexity index is 910. The van der Waals surface area contributed by atoms with Gasteiger partial charge in [-0.2, -0.15) is 13.7 Å². The van der Waals surface area contributed by atoms with Crippen molar-refractivity contribution in [3.05, 3.63) is 52.4 Å². The lowest BCUT2D eigenvalue weighted by Gasteiger charge is -2.07. The number of aryl methyl sites for hydroxylation is 1. The van der Waals surface area contributed by atoms with Gasteiger partial charge in [0, 0.05) is 5.57 Å². The fraction of sp³-hybridized carbons (Fsp3) is 0.429. The van der Waals surface area contributed by atoms with Crippen LogP contribution in [0.3, 0.4) is 0 Å². The van der Waals surface area contributed by atoms with E-state index in [1.165, 1.54) is 18.2 Å². The van der Waals surface area contributed by atoms with Crippen molar-refractivity contribution < 1.29 is 12.7 Å². The van der Waals surface area contributed by atoms with Crippen LogP contribution in [-0.2, 0) is 14.4 Å². The Morgan fingerprint density at radius 2 is 1.89 bits per heavy atom. The molecule has 7 heteroatoms. The monoisotopic (exact) mass is 418 g/mol. The first-order valence-corrected chi connectivity index (χ1v) is 12.0. The minimum Gasteiger partial charge on any atom is -0.267 e. The molecule has 0 aromatic heterocycles. The third-order valence-corrected chi connectivity index (χ3v) is 6.30. The van der Waals surface area contributed by atoms with E-state index < -0.39 is 10.1 Å². The topological polar surface area (TPSA) is 79.5 Å². The van der Waals surface area contributed by atoms with Crippen LogP contribution in [0.15, 0.2) is 46.5 Å². The van der Waals surface area contributed by atoms with E-state index in [-0.39, 0.29) is 5.75 Å². The molecular formula is C21H26N2O3S2. The fourth-order valence-corrected chi connectivity index (χ4v) is 4.45. The van der Waals surface area contributed by atoms with Crippen LogP contribution in [0.2, 0.25) is 0 Å². The molecule has 0 saturated carbocycles. The van der Waals surface area contributed by atoms with E-state index >= 15 is 0 Å². The predicted molar refractivity (Wildman–Crippen MR) is 116 cm³/mol. The number of oxime groups is 1. The van der Waals surface area contributed by atoms with Gasteiger partial charge in [0.25, 0.3) is 0 Å². The minimum absolute atomic E-state index is 0.0457. The summed E-state index contributed by atoms with van der Waals surface area (Å²) in [7, 11) is -3.72. The summed E-state index contributed by atoms with van der Waals surface area (Å²) in [5, 5.41) is 15.7. The molecule has 0 radical (unpaired) electrons. The van der Waals surface area contributed by atoms with Crippen LogP contribution < -0.4 is 0 Å². The molecule has 28 heavy (non-hydrogen) atoms. The van der Waals surface area contributed by atoms with E-state index in [4.69, 9.17) is 4.28 Å². The lowest BCUT2D eigenvalue weighted by Crippen LogP contribution is -2.09. The number of hydrogen-bond acceptors (Lipinski definition) is 6. The maximum absolute atomic E-state index is 12.1. The van der Waals surface area contributed by atoms with Crippen molar-refractivity contribution in [2.45, 2.75) is 52.4 Å². The molecule has 1 heterocycles. The Kier molecular flexibility index (Phi) is 8.81. The third kappa shape index (κ3) is 6.54. The SMILES string of the molecule is CCCCCCCCS(=O)(=O)O/N=C1\SC=C\C1=C(\C#N)c1ccccc1C. The zero-order chi connectivity index (χ0) is 20.4. The Morgan fingerprint density at radius 1 is 1.18 bits per heavy atom. The number of nitrogens with zero attached hydrogens (tertiary/aromatic N) is 2. The van der Waals surface area contributed by atoms with Crippen LogP contribution in [0.25, 0.3) is 5.57 Å². The molecule has 2 rings (SSSR count). The van der Waals surface area contributed by atoms with Crippen LogP contribution in [0, 0.1) is 18.3 Å². The van der Waals surface area contributed by atoms with Gasteiger partial charge in [-0.15, -0.1) is 0 Å². The van der Waals surface area contributed by atoms with Crippen molar-refractivity contribution >= 4 is 32.5 Å². The minimum atomic E-state index is -3.72. The molecule has 0 amide bonds. The lowest BCUT2D eigenvalue weighted by atomic mass is 9.97. The molecule has 0 aliphatic carbocycles. The summed E-state index contributed by atoms with van der Waals surface area (Å²) < 4.78 is 29.1. The molecule has 0 bridgehead atoms. The van der Waals surface area contributed by atoms with Crippen molar-refractivity contribution in [2.24, 2.45) is 5.16 Å². The maximum Gasteiger partial charge on any atom is 0.328 e. The van der Waals surface area contributed by atoms with E-state index in [9.17, 15) is 13.7 Å². The number of unbranched alkanes of at least 4 members (excludes halogenated alkanes) is 5. The van der Waals surface area contributed by atoms with Gasteiger partial charge in [0.2, 0.25) is 0 Å². The Hall–Kier alpha value is -2.04. The van der Waals surface area contributed by atoms with Gasteiger partial charge in [0.05, 0.1) is 11.3 Å². The molecule has 1 aromatic rings. The van der Waals surface area contributed by atoms with Gasteiger partial charge in [-0.3, -0.25) is 4.28 Å².